The first-order chi connectivity index (χ1) is 15.7. The van der Waals surface area contributed by atoms with Gasteiger partial charge in [-0.15, -0.1) is 0 Å². The number of likely N-dealkylation sites (tertiary alicyclic amines) is 1. The van der Waals surface area contributed by atoms with Crippen molar-refractivity contribution in [3.05, 3.63) is 83.4 Å². The Balaban J connectivity index is 1.22. The molecule has 1 amide bonds. The highest BCUT2D eigenvalue weighted by molar-refractivity contribution is 5.84. The first-order valence-electron chi connectivity index (χ1n) is 11.0. The molecule has 2 aliphatic heterocycles. The molecular formula is C25H25N5O2. The van der Waals surface area contributed by atoms with Crippen LogP contribution in [-0.4, -0.2) is 39.6 Å². The molecule has 3 heterocycles. The number of rotatable bonds is 6. The van der Waals surface area contributed by atoms with Crippen LogP contribution in [0.3, 0.4) is 0 Å². The van der Waals surface area contributed by atoms with Gasteiger partial charge in [0, 0.05) is 37.8 Å². The lowest BCUT2D eigenvalue weighted by Gasteiger charge is -2.33. The molecule has 2 atom stereocenters. The molecule has 0 radical (unpaired) electrons. The van der Waals surface area contributed by atoms with E-state index in [0.29, 0.717) is 25.3 Å². The van der Waals surface area contributed by atoms with Gasteiger partial charge in [-0.1, -0.05) is 30.3 Å². The van der Waals surface area contributed by atoms with Gasteiger partial charge in [0.25, 0.3) is 0 Å². The SMILES string of the molecule is N#Cc1ccc(Cn2cncc2CNC2CCN(C3CCOc4ccccc43)C2=O)cc1. The Bertz CT molecular complexity index is 1150. The molecule has 2 aromatic carbocycles. The smallest absolute Gasteiger partial charge is 0.240 e. The van der Waals surface area contributed by atoms with E-state index in [1.807, 2.05) is 53.6 Å². The summed E-state index contributed by atoms with van der Waals surface area (Å²) < 4.78 is 7.84. The molecule has 2 aliphatic rings. The Morgan fingerprint density at radius 2 is 2.00 bits per heavy atom. The van der Waals surface area contributed by atoms with E-state index in [9.17, 15) is 4.79 Å². The number of benzene rings is 2. The third-order valence-corrected chi connectivity index (χ3v) is 6.31. The summed E-state index contributed by atoms with van der Waals surface area (Å²) in [6.07, 6.45) is 5.26. The minimum absolute atomic E-state index is 0.0844. The first kappa shape index (κ1) is 20.3. The number of aromatic nitrogens is 2. The molecule has 0 aliphatic carbocycles. The molecule has 7 heteroatoms. The largest absolute Gasteiger partial charge is 0.493 e. The van der Waals surface area contributed by atoms with Crippen molar-refractivity contribution >= 4 is 5.91 Å². The van der Waals surface area contributed by atoms with Crippen molar-refractivity contribution in [2.75, 3.05) is 13.2 Å². The van der Waals surface area contributed by atoms with Crippen LogP contribution in [-0.2, 0) is 17.9 Å². The van der Waals surface area contributed by atoms with Crippen molar-refractivity contribution in [3.8, 4) is 11.8 Å². The number of fused-ring (bicyclic) bond motifs is 1. The summed E-state index contributed by atoms with van der Waals surface area (Å²) in [6.45, 7) is 2.63. The second-order valence-electron chi connectivity index (χ2n) is 8.27. The topological polar surface area (TPSA) is 83.2 Å². The number of hydrogen-bond acceptors (Lipinski definition) is 5. The van der Waals surface area contributed by atoms with Crippen LogP contribution in [0.2, 0.25) is 0 Å². The van der Waals surface area contributed by atoms with Crippen molar-refractivity contribution in [1.29, 1.82) is 5.26 Å². The summed E-state index contributed by atoms with van der Waals surface area (Å²) >= 11 is 0. The quantitative estimate of drug-likeness (QED) is 0.654. The lowest BCUT2D eigenvalue weighted by molar-refractivity contribution is -0.132. The third-order valence-electron chi connectivity index (χ3n) is 6.31. The highest BCUT2D eigenvalue weighted by Crippen LogP contribution is 2.37. The van der Waals surface area contributed by atoms with E-state index in [1.54, 1.807) is 6.33 Å². The molecule has 7 nitrogen and oxygen atoms in total. The fourth-order valence-electron chi connectivity index (χ4n) is 4.59. The number of carbonyl (C=O) groups excluding carboxylic acids is 1. The maximum Gasteiger partial charge on any atom is 0.240 e. The maximum absolute atomic E-state index is 13.2. The average Bonchev–Trinajstić information content (AvgIpc) is 3.43. The van der Waals surface area contributed by atoms with Crippen molar-refractivity contribution in [2.24, 2.45) is 0 Å². The van der Waals surface area contributed by atoms with Gasteiger partial charge in [0.2, 0.25) is 5.91 Å². The van der Waals surface area contributed by atoms with E-state index < -0.39 is 0 Å². The third kappa shape index (κ3) is 3.97. The zero-order valence-corrected chi connectivity index (χ0v) is 17.8. The monoisotopic (exact) mass is 427 g/mol. The van der Waals surface area contributed by atoms with Crippen molar-refractivity contribution in [1.82, 2.24) is 19.8 Å². The predicted molar refractivity (Wildman–Crippen MR) is 119 cm³/mol. The molecule has 1 fully saturated rings. The Hall–Kier alpha value is -3.63. The van der Waals surface area contributed by atoms with Gasteiger partial charge in [0.15, 0.2) is 0 Å². The lowest BCUT2D eigenvalue weighted by Crippen LogP contribution is -2.40. The molecule has 5 rings (SSSR count). The van der Waals surface area contributed by atoms with Gasteiger partial charge < -0.3 is 19.5 Å². The van der Waals surface area contributed by atoms with Crippen LogP contribution in [0.1, 0.15) is 41.3 Å². The molecule has 0 saturated carbocycles. The van der Waals surface area contributed by atoms with E-state index in [1.165, 1.54) is 0 Å². The van der Waals surface area contributed by atoms with Gasteiger partial charge in [0.05, 0.1) is 42.3 Å². The zero-order chi connectivity index (χ0) is 21.9. The number of ether oxygens (including phenoxy) is 1. The highest BCUT2D eigenvalue weighted by atomic mass is 16.5. The maximum atomic E-state index is 13.2. The van der Waals surface area contributed by atoms with Gasteiger partial charge in [-0.05, 0) is 30.2 Å². The van der Waals surface area contributed by atoms with Crippen LogP contribution in [0.25, 0.3) is 0 Å². The zero-order valence-electron chi connectivity index (χ0n) is 17.8. The second kappa shape index (κ2) is 8.85. The van der Waals surface area contributed by atoms with Crippen molar-refractivity contribution < 1.29 is 9.53 Å². The summed E-state index contributed by atoms with van der Waals surface area (Å²) in [5.74, 6) is 1.05. The van der Waals surface area contributed by atoms with E-state index in [2.05, 4.69) is 27.0 Å². The molecule has 2 unspecified atom stereocenters. The molecule has 1 N–H and O–H groups in total. The fourth-order valence-corrected chi connectivity index (χ4v) is 4.59. The van der Waals surface area contributed by atoms with E-state index >= 15 is 0 Å². The number of imidazole rings is 1. The van der Waals surface area contributed by atoms with Gasteiger partial charge in [-0.3, -0.25) is 4.79 Å². The molecule has 1 aromatic heterocycles. The summed E-state index contributed by atoms with van der Waals surface area (Å²) in [7, 11) is 0. The van der Waals surface area contributed by atoms with Gasteiger partial charge in [0.1, 0.15) is 5.75 Å². The van der Waals surface area contributed by atoms with Crippen LogP contribution in [0, 0.1) is 11.3 Å². The predicted octanol–water partition coefficient (Wildman–Crippen LogP) is 3.02. The molecular weight excluding hydrogens is 402 g/mol. The average molecular weight is 428 g/mol. The summed E-state index contributed by atoms with van der Waals surface area (Å²) in [4.78, 5) is 19.5. The summed E-state index contributed by atoms with van der Waals surface area (Å²) in [5, 5.41) is 12.4. The van der Waals surface area contributed by atoms with E-state index in [4.69, 9.17) is 10.00 Å². The number of para-hydroxylation sites is 1. The Labute approximate surface area is 187 Å². The van der Waals surface area contributed by atoms with Crippen LogP contribution < -0.4 is 10.1 Å². The normalized spacial score (nSPS) is 20.0. The molecule has 0 spiro atoms. The van der Waals surface area contributed by atoms with Crippen LogP contribution in [0.4, 0.5) is 0 Å². The molecule has 0 bridgehead atoms. The van der Waals surface area contributed by atoms with Gasteiger partial charge in [-0.2, -0.15) is 5.26 Å². The number of nitriles is 1. The van der Waals surface area contributed by atoms with Gasteiger partial charge in [-0.25, -0.2) is 4.98 Å². The fraction of sp³-hybridized carbons (Fsp3) is 0.320. The summed E-state index contributed by atoms with van der Waals surface area (Å²) in [5.41, 5.74) is 3.88. The standard InChI is InChI=1S/C25H25N5O2/c26-13-18-5-7-19(8-6-18)16-29-17-27-14-20(29)15-28-22-9-11-30(25(22)31)23-10-12-32-24-4-2-1-3-21(23)24/h1-8,14,17,22-23,28H,9-12,15-16H2. The highest BCUT2D eigenvalue weighted by Gasteiger charge is 2.38. The molecule has 32 heavy (non-hydrogen) atoms. The lowest BCUT2D eigenvalue weighted by atomic mass is 9.99. The Morgan fingerprint density at radius 3 is 2.84 bits per heavy atom. The minimum atomic E-state index is -0.191. The molecule has 3 aromatic rings. The molecule has 162 valence electrons. The first-order valence-corrected chi connectivity index (χ1v) is 11.0. The van der Waals surface area contributed by atoms with Crippen LogP contribution >= 0.6 is 0 Å². The van der Waals surface area contributed by atoms with Gasteiger partial charge >= 0.3 is 0 Å². The molecule has 1 saturated heterocycles. The van der Waals surface area contributed by atoms with E-state index in [-0.39, 0.29) is 18.0 Å². The number of nitrogens with one attached hydrogen (secondary N) is 1. The number of amides is 1. The van der Waals surface area contributed by atoms with Crippen LogP contribution in [0.5, 0.6) is 5.75 Å². The Kier molecular flexibility index (Phi) is 5.61. The number of hydrogen-bond donors (Lipinski definition) is 1. The number of carbonyl (C=O) groups is 1. The summed E-state index contributed by atoms with van der Waals surface area (Å²) in [6, 6.07) is 17.6. The Morgan fingerprint density at radius 1 is 1.16 bits per heavy atom. The van der Waals surface area contributed by atoms with Crippen molar-refractivity contribution in [2.45, 2.75) is 38.0 Å². The van der Waals surface area contributed by atoms with Crippen LogP contribution in [0.15, 0.2) is 61.1 Å². The second-order valence-corrected chi connectivity index (χ2v) is 8.27. The minimum Gasteiger partial charge on any atom is -0.493 e. The number of nitrogens with zero attached hydrogens (tertiary/aromatic N) is 4. The van der Waals surface area contributed by atoms with Crippen molar-refractivity contribution in [3.63, 3.8) is 0 Å². The van der Waals surface area contributed by atoms with E-state index in [0.717, 1.165) is 42.0 Å².